The topological polar surface area (TPSA) is 64.3 Å². The zero-order valence-electron chi connectivity index (χ0n) is 16.7. The minimum atomic E-state index is -0.802. The molecule has 0 unspecified atom stereocenters. The third-order valence-electron chi connectivity index (χ3n) is 5.57. The van der Waals surface area contributed by atoms with Gasteiger partial charge < -0.3 is 4.90 Å². The zero-order valence-corrected chi connectivity index (χ0v) is 17.4. The molecule has 1 aliphatic heterocycles. The number of likely N-dealkylation sites (tertiary alicyclic amines) is 1. The van der Waals surface area contributed by atoms with Gasteiger partial charge in [-0.15, -0.1) is 0 Å². The van der Waals surface area contributed by atoms with E-state index in [-0.39, 0.29) is 16.6 Å². The zero-order chi connectivity index (χ0) is 21.6. The van der Waals surface area contributed by atoms with Gasteiger partial charge in [0.05, 0.1) is 21.6 Å². The molecule has 1 aliphatic rings. The highest BCUT2D eigenvalue weighted by Crippen LogP contribution is 2.21. The smallest absolute Gasteiger partial charge is 0.336 e. The standard InChI is InChI=1S/C22H21ClFN3O3/c1-13-5-8-19-16(11-13)21(29)27(15-6-7-18(24)17(23)12-15)22(30)26(19)14(2)20(28)25-9-3-4-10-25/h5-8,11-12,14H,3-4,9-10H2,1-2H3/t14-/m1/s1. The van der Waals surface area contributed by atoms with Crippen molar-refractivity contribution in [2.45, 2.75) is 32.7 Å². The first-order valence-electron chi connectivity index (χ1n) is 9.81. The Hall–Kier alpha value is -2.93. The maximum atomic E-state index is 13.7. The summed E-state index contributed by atoms with van der Waals surface area (Å²) >= 11 is 5.89. The summed E-state index contributed by atoms with van der Waals surface area (Å²) in [6, 6.07) is 8.02. The summed E-state index contributed by atoms with van der Waals surface area (Å²) in [6.07, 6.45) is 1.86. The maximum absolute atomic E-state index is 13.7. The van der Waals surface area contributed by atoms with Crippen LogP contribution >= 0.6 is 11.6 Å². The van der Waals surface area contributed by atoms with Gasteiger partial charge in [-0.1, -0.05) is 23.2 Å². The molecule has 0 saturated carbocycles. The first-order valence-corrected chi connectivity index (χ1v) is 10.2. The molecule has 1 saturated heterocycles. The van der Waals surface area contributed by atoms with Crippen LogP contribution < -0.4 is 11.2 Å². The average Bonchev–Trinajstić information content (AvgIpc) is 3.25. The minimum Gasteiger partial charge on any atom is -0.341 e. The van der Waals surface area contributed by atoms with Gasteiger partial charge >= 0.3 is 5.69 Å². The SMILES string of the molecule is Cc1ccc2c(c1)c(=O)n(-c1ccc(F)c(Cl)c1)c(=O)n2[C@H](C)C(=O)N1CCCC1. The highest BCUT2D eigenvalue weighted by Gasteiger charge is 2.28. The summed E-state index contributed by atoms with van der Waals surface area (Å²) in [7, 11) is 0. The molecule has 1 atom stereocenters. The number of hydrogen-bond acceptors (Lipinski definition) is 3. The molecule has 3 aromatic rings. The average molecular weight is 430 g/mol. The Morgan fingerprint density at radius 1 is 1.10 bits per heavy atom. The van der Waals surface area contributed by atoms with Gasteiger partial charge in [0.15, 0.2) is 0 Å². The molecule has 0 spiro atoms. The van der Waals surface area contributed by atoms with Crippen LogP contribution in [0.2, 0.25) is 5.02 Å². The molecule has 0 N–H and O–H groups in total. The normalized spacial score (nSPS) is 15.0. The first kappa shape index (κ1) is 20.3. The lowest BCUT2D eigenvalue weighted by Crippen LogP contribution is -2.44. The fraction of sp³-hybridized carbons (Fsp3) is 0.318. The van der Waals surface area contributed by atoms with Gasteiger partial charge in [0, 0.05) is 13.1 Å². The highest BCUT2D eigenvalue weighted by molar-refractivity contribution is 6.30. The number of aromatic nitrogens is 2. The quantitative estimate of drug-likeness (QED) is 0.640. The molecular weight excluding hydrogens is 409 g/mol. The molecule has 4 rings (SSSR count). The van der Waals surface area contributed by atoms with Crippen molar-refractivity contribution >= 4 is 28.4 Å². The molecule has 2 aromatic carbocycles. The van der Waals surface area contributed by atoms with Crippen LogP contribution in [0, 0.1) is 12.7 Å². The van der Waals surface area contributed by atoms with E-state index in [1.54, 1.807) is 30.0 Å². The second kappa shape index (κ2) is 7.72. The molecular formula is C22H21ClFN3O3. The molecule has 6 nitrogen and oxygen atoms in total. The Balaban J connectivity index is 2.01. The van der Waals surface area contributed by atoms with E-state index in [0.29, 0.717) is 24.0 Å². The summed E-state index contributed by atoms with van der Waals surface area (Å²) in [5.41, 5.74) is 0.166. The predicted octanol–water partition coefficient (Wildman–Crippen LogP) is 3.44. The number of amides is 1. The summed E-state index contributed by atoms with van der Waals surface area (Å²) < 4.78 is 15.9. The Bertz CT molecular complexity index is 1280. The molecule has 156 valence electrons. The van der Waals surface area contributed by atoms with Crippen molar-refractivity contribution in [1.82, 2.24) is 14.0 Å². The van der Waals surface area contributed by atoms with E-state index < -0.39 is 23.1 Å². The van der Waals surface area contributed by atoms with Gasteiger partial charge in [-0.25, -0.2) is 13.8 Å². The Morgan fingerprint density at radius 3 is 2.47 bits per heavy atom. The van der Waals surface area contributed by atoms with E-state index in [1.165, 1.54) is 16.7 Å². The molecule has 1 aromatic heterocycles. The summed E-state index contributed by atoms with van der Waals surface area (Å²) in [5.74, 6) is -0.818. The molecule has 1 amide bonds. The lowest BCUT2D eigenvalue weighted by Gasteiger charge is -2.24. The molecule has 0 radical (unpaired) electrons. The second-order valence-corrected chi connectivity index (χ2v) is 8.03. The number of benzene rings is 2. The second-order valence-electron chi connectivity index (χ2n) is 7.62. The van der Waals surface area contributed by atoms with Crippen molar-refractivity contribution in [2.24, 2.45) is 0 Å². The monoisotopic (exact) mass is 429 g/mol. The van der Waals surface area contributed by atoms with Crippen LogP contribution in [0.1, 0.15) is 31.4 Å². The van der Waals surface area contributed by atoms with Crippen molar-refractivity contribution in [3.8, 4) is 5.69 Å². The number of rotatable bonds is 3. The van der Waals surface area contributed by atoms with Gasteiger partial charge in [0.25, 0.3) is 5.56 Å². The summed E-state index contributed by atoms with van der Waals surface area (Å²) in [5, 5.41) is 0.104. The van der Waals surface area contributed by atoms with Gasteiger partial charge in [-0.2, -0.15) is 0 Å². The van der Waals surface area contributed by atoms with Crippen molar-refractivity contribution in [2.75, 3.05) is 13.1 Å². The minimum absolute atomic E-state index is 0.148. The predicted molar refractivity (Wildman–Crippen MR) is 114 cm³/mol. The fourth-order valence-electron chi connectivity index (χ4n) is 3.99. The highest BCUT2D eigenvalue weighted by atomic mass is 35.5. The van der Waals surface area contributed by atoms with Crippen LogP contribution in [0.5, 0.6) is 0 Å². The van der Waals surface area contributed by atoms with E-state index in [1.807, 2.05) is 6.92 Å². The molecule has 1 fully saturated rings. The molecule has 2 heterocycles. The van der Waals surface area contributed by atoms with Crippen molar-refractivity contribution in [3.63, 3.8) is 0 Å². The number of nitrogens with zero attached hydrogens (tertiary/aromatic N) is 3. The van der Waals surface area contributed by atoms with E-state index in [2.05, 4.69) is 0 Å². The van der Waals surface area contributed by atoms with Gasteiger partial charge in [-0.3, -0.25) is 14.2 Å². The molecule has 8 heteroatoms. The van der Waals surface area contributed by atoms with Crippen LogP contribution in [0.15, 0.2) is 46.0 Å². The summed E-state index contributed by atoms with van der Waals surface area (Å²) in [6.45, 7) is 4.81. The van der Waals surface area contributed by atoms with Crippen LogP contribution in [-0.2, 0) is 4.79 Å². The Morgan fingerprint density at radius 2 is 1.80 bits per heavy atom. The van der Waals surface area contributed by atoms with Gasteiger partial charge in [0.2, 0.25) is 5.91 Å². The maximum Gasteiger partial charge on any atom is 0.336 e. The van der Waals surface area contributed by atoms with Gasteiger partial charge in [-0.05, 0) is 57.0 Å². The first-order chi connectivity index (χ1) is 14.3. The number of hydrogen-bond donors (Lipinski definition) is 0. The third-order valence-corrected chi connectivity index (χ3v) is 5.86. The Kier molecular flexibility index (Phi) is 5.24. The van der Waals surface area contributed by atoms with Crippen molar-refractivity contribution in [1.29, 1.82) is 0 Å². The van der Waals surface area contributed by atoms with Crippen LogP contribution in [-0.4, -0.2) is 33.0 Å². The molecule has 0 bridgehead atoms. The van der Waals surface area contributed by atoms with Crippen LogP contribution in [0.4, 0.5) is 4.39 Å². The Labute approximate surface area is 177 Å². The van der Waals surface area contributed by atoms with Crippen molar-refractivity contribution < 1.29 is 9.18 Å². The lowest BCUT2D eigenvalue weighted by molar-refractivity contribution is -0.133. The fourth-order valence-corrected chi connectivity index (χ4v) is 4.16. The van der Waals surface area contributed by atoms with E-state index in [9.17, 15) is 18.8 Å². The number of carbonyl (C=O) groups excluding carboxylic acids is 1. The number of carbonyl (C=O) groups is 1. The molecule has 0 aliphatic carbocycles. The van der Waals surface area contributed by atoms with E-state index >= 15 is 0 Å². The van der Waals surface area contributed by atoms with E-state index in [4.69, 9.17) is 11.6 Å². The van der Waals surface area contributed by atoms with Crippen LogP contribution in [0.3, 0.4) is 0 Å². The van der Waals surface area contributed by atoms with Crippen molar-refractivity contribution in [3.05, 3.63) is 73.6 Å². The largest absolute Gasteiger partial charge is 0.341 e. The number of halogens is 2. The number of fused-ring (bicyclic) bond motifs is 1. The molecule has 30 heavy (non-hydrogen) atoms. The summed E-state index contributed by atoms with van der Waals surface area (Å²) in [4.78, 5) is 41.5. The van der Waals surface area contributed by atoms with Crippen LogP contribution in [0.25, 0.3) is 16.6 Å². The lowest BCUT2D eigenvalue weighted by atomic mass is 10.1. The van der Waals surface area contributed by atoms with Gasteiger partial charge in [0.1, 0.15) is 11.9 Å². The third kappa shape index (κ3) is 3.33. The van der Waals surface area contributed by atoms with E-state index in [0.717, 1.165) is 29.0 Å². The number of aryl methyl sites for hydroxylation is 1.